The number of nitrogens with zero attached hydrogens (tertiary/aromatic N) is 2. The Labute approximate surface area is 294 Å². The van der Waals surface area contributed by atoms with Crippen LogP contribution in [-0.4, -0.2) is 116 Å². The third-order valence-corrected chi connectivity index (χ3v) is 9.95. The van der Waals surface area contributed by atoms with Gasteiger partial charge < -0.3 is 40.0 Å². The number of amides is 3. The molecule has 0 radical (unpaired) electrons. The van der Waals surface area contributed by atoms with Crippen molar-refractivity contribution in [1.29, 1.82) is 0 Å². The lowest BCUT2D eigenvalue weighted by atomic mass is 9.88. The summed E-state index contributed by atoms with van der Waals surface area (Å²) < 4.78 is 16.9. The molecule has 2 heterocycles. The lowest BCUT2D eigenvalue weighted by molar-refractivity contribution is -0.127. The summed E-state index contributed by atoms with van der Waals surface area (Å²) in [6.07, 6.45) is -0.438. The van der Waals surface area contributed by atoms with Crippen LogP contribution in [0.5, 0.6) is 5.75 Å². The molecule has 2 saturated heterocycles. The number of hydrogen-bond donors (Lipinski definition) is 4. The van der Waals surface area contributed by atoms with E-state index in [1.165, 1.54) is 0 Å². The smallest absolute Gasteiger partial charge is 0.317 e. The highest BCUT2D eigenvalue weighted by Crippen LogP contribution is 2.32. The molecule has 6 rings (SSSR count). The first-order chi connectivity index (χ1) is 24.4. The molecule has 5 unspecified atom stereocenters. The highest BCUT2D eigenvalue weighted by molar-refractivity contribution is 5.80. The van der Waals surface area contributed by atoms with Crippen molar-refractivity contribution in [3.63, 3.8) is 0 Å². The monoisotopic (exact) mass is 686 g/mol. The van der Waals surface area contributed by atoms with Crippen LogP contribution < -0.4 is 15.4 Å². The van der Waals surface area contributed by atoms with Gasteiger partial charge in [-0.1, -0.05) is 66.7 Å². The topological polar surface area (TPSA) is 133 Å². The van der Waals surface area contributed by atoms with E-state index in [0.29, 0.717) is 52.2 Å². The van der Waals surface area contributed by atoms with E-state index in [2.05, 4.69) is 15.5 Å². The van der Waals surface area contributed by atoms with E-state index >= 15 is 0 Å². The van der Waals surface area contributed by atoms with Crippen LogP contribution in [0.2, 0.25) is 0 Å². The predicted molar refractivity (Wildman–Crippen MR) is 189 cm³/mol. The molecule has 11 nitrogen and oxygen atoms in total. The van der Waals surface area contributed by atoms with Crippen molar-refractivity contribution < 1.29 is 34.0 Å². The van der Waals surface area contributed by atoms with Gasteiger partial charge in [0.05, 0.1) is 50.7 Å². The lowest BCUT2D eigenvalue weighted by Gasteiger charge is -2.32. The van der Waals surface area contributed by atoms with Gasteiger partial charge in [0.2, 0.25) is 5.91 Å². The number of nitrogens with one attached hydrogen (secondary N) is 2. The summed E-state index contributed by atoms with van der Waals surface area (Å²) in [5.74, 6) is -0.146. The number of ether oxygens (including phenoxy) is 3. The molecule has 268 valence electrons. The lowest BCUT2D eigenvalue weighted by Crippen LogP contribution is -2.53. The van der Waals surface area contributed by atoms with E-state index in [9.17, 15) is 19.8 Å². The second-order valence-corrected chi connectivity index (χ2v) is 13.5. The Kier molecular flexibility index (Phi) is 12.7. The van der Waals surface area contributed by atoms with Crippen molar-refractivity contribution in [3.8, 4) is 5.75 Å². The standard InChI is InChI=1S/C39H50N4O7/c44-35(34(25-28-6-2-1-3-7-28)40-39(47)43-17-21-49-22-18-43)27-31(38(46)41-37-33-9-5-4-8-30(33)26-36(37)45)24-29-10-12-32(13-11-29)50-23-16-42-14-19-48-20-15-42/h1-13,31,34-37,44-45H,14-27H2,(H,40,47)(H,41,46). The molecule has 0 saturated carbocycles. The summed E-state index contributed by atoms with van der Waals surface area (Å²) in [7, 11) is 0. The molecule has 0 spiro atoms. The van der Waals surface area contributed by atoms with E-state index in [1.807, 2.05) is 78.9 Å². The summed E-state index contributed by atoms with van der Waals surface area (Å²) in [4.78, 5) is 31.5. The van der Waals surface area contributed by atoms with E-state index in [0.717, 1.165) is 60.9 Å². The van der Waals surface area contributed by atoms with Gasteiger partial charge in [-0.05, 0) is 53.6 Å². The number of rotatable bonds is 14. The second kappa shape index (κ2) is 17.8. The van der Waals surface area contributed by atoms with Crippen LogP contribution in [0.15, 0.2) is 78.9 Å². The van der Waals surface area contributed by atoms with Gasteiger partial charge in [-0.25, -0.2) is 4.79 Å². The molecule has 1 aliphatic carbocycles. The highest BCUT2D eigenvalue weighted by Gasteiger charge is 2.35. The molecule has 4 N–H and O–H groups in total. The number of benzene rings is 3. The highest BCUT2D eigenvalue weighted by atomic mass is 16.5. The van der Waals surface area contributed by atoms with E-state index in [1.54, 1.807) is 4.90 Å². The minimum Gasteiger partial charge on any atom is -0.492 e. The third kappa shape index (κ3) is 9.82. The third-order valence-electron chi connectivity index (χ3n) is 9.95. The Balaban J connectivity index is 1.17. The van der Waals surface area contributed by atoms with Crippen LogP contribution in [0.25, 0.3) is 0 Å². The van der Waals surface area contributed by atoms with Crippen LogP contribution in [0.3, 0.4) is 0 Å². The molecule has 2 aliphatic heterocycles. The molecule has 3 amide bonds. The van der Waals surface area contributed by atoms with Crippen molar-refractivity contribution in [2.45, 2.75) is 50.0 Å². The molecule has 50 heavy (non-hydrogen) atoms. The Morgan fingerprint density at radius 2 is 1.50 bits per heavy atom. The van der Waals surface area contributed by atoms with E-state index < -0.39 is 30.2 Å². The average molecular weight is 687 g/mol. The molecule has 11 heteroatoms. The molecule has 3 aromatic rings. The van der Waals surface area contributed by atoms with E-state index in [4.69, 9.17) is 14.2 Å². The first-order valence-electron chi connectivity index (χ1n) is 17.9. The predicted octanol–water partition coefficient (Wildman–Crippen LogP) is 2.73. The van der Waals surface area contributed by atoms with Crippen molar-refractivity contribution in [2.24, 2.45) is 5.92 Å². The first-order valence-corrected chi connectivity index (χ1v) is 17.9. The van der Waals surface area contributed by atoms with Crippen molar-refractivity contribution in [3.05, 3.63) is 101 Å². The van der Waals surface area contributed by atoms with Gasteiger partial charge in [0.15, 0.2) is 0 Å². The Bertz CT molecular complexity index is 1510. The number of hydrogen-bond acceptors (Lipinski definition) is 8. The molecule has 3 aliphatic rings. The quantitative estimate of drug-likeness (QED) is 0.204. The van der Waals surface area contributed by atoms with Gasteiger partial charge in [-0.3, -0.25) is 9.69 Å². The maximum absolute atomic E-state index is 14.1. The van der Waals surface area contributed by atoms with Crippen LogP contribution in [0, 0.1) is 5.92 Å². The van der Waals surface area contributed by atoms with Crippen LogP contribution >= 0.6 is 0 Å². The number of carbonyl (C=O) groups is 2. The van der Waals surface area contributed by atoms with E-state index in [-0.39, 0.29) is 18.4 Å². The summed E-state index contributed by atoms with van der Waals surface area (Å²) in [5.41, 5.74) is 3.81. The zero-order valence-electron chi connectivity index (χ0n) is 28.6. The van der Waals surface area contributed by atoms with Gasteiger partial charge in [0, 0.05) is 45.1 Å². The zero-order chi connectivity index (χ0) is 34.7. The number of morpholine rings is 2. The van der Waals surface area contributed by atoms with Gasteiger partial charge >= 0.3 is 6.03 Å². The summed E-state index contributed by atoms with van der Waals surface area (Å²) in [6.45, 7) is 6.59. The van der Waals surface area contributed by atoms with Gasteiger partial charge in [0.25, 0.3) is 0 Å². The number of urea groups is 1. The Morgan fingerprint density at radius 3 is 2.24 bits per heavy atom. The average Bonchev–Trinajstić information content (AvgIpc) is 3.47. The largest absolute Gasteiger partial charge is 0.492 e. The van der Waals surface area contributed by atoms with Crippen molar-refractivity contribution in [1.82, 2.24) is 20.4 Å². The second-order valence-electron chi connectivity index (χ2n) is 13.5. The minimum absolute atomic E-state index is 0.106. The zero-order valence-corrected chi connectivity index (χ0v) is 28.6. The number of aliphatic hydroxyl groups is 2. The maximum atomic E-state index is 14.1. The molecule has 3 aromatic carbocycles. The molecule has 2 fully saturated rings. The SMILES string of the molecule is O=C(NC1c2ccccc2CC1O)C(Cc1ccc(OCCN2CCOCC2)cc1)CC(O)C(Cc1ccccc1)NC(=O)N1CCOCC1. The van der Waals surface area contributed by atoms with Gasteiger partial charge in [-0.15, -0.1) is 0 Å². The summed E-state index contributed by atoms with van der Waals surface area (Å²) >= 11 is 0. The maximum Gasteiger partial charge on any atom is 0.317 e. The van der Waals surface area contributed by atoms with Crippen LogP contribution in [-0.2, 0) is 33.5 Å². The molecule has 0 aromatic heterocycles. The molecular weight excluding hydrogens is 636 g/mol. The number of aliphatic hydroxyl groups excluding tert-OH is 2. The molecule has 0 bridgehead atoms. The number of carbonyl (C=O) groups excluding carboxylic acids is 2. The Morgan fingerprint density at radius 1 is 0.840 bits per heavy atom. The first kappa shape index (κ1) is 35.8. The summed E-state index contributed by atoms with van der Waals surface area (Å²) in [5, 5.41) is 28.9. The molecule has 5 atom stereocenters. The molecular formula is C39H50N4O7. The fourth-order valence-corrected chi connectivity index (χ4v) is 7.05. The number of fused-ring (bicyclic) bond motifs is 1. The van der Waals surface area contributed by atoms with Crippen molar-refractivity contribution in [2.75, 3.05) is 65.8 Å². The van der Waals surface area contributed by atoms with Crippen molar-refractivity contribution >= 4 is 11.9 Å². The van der Waals surface area contributed by atoms with Crippen LogP contribution in [0.4, 0.5) is 4.79 Å². The normalized spacial score (nSPS) is 21.1. The fraction of sp³-hybridized carbons (Fsp3) is 0.487. The summed E-state index contributed by atoms with van der Waals surface area (Å²) in [6, 6.07) is 23.8. The minimum atomic E-state index is -1.03. The van der Waals surface area contributed by atoms with Gasteiger partial charge in [0.1, 0.15) is 12.4 Å². The Hall–Kier alpha value is -4.00. The fourth-order valence-electron chi connectivity index (χ4n) is 7.05. The van der Waals surface area contributed by atoms with Crippen LogP contribution in [0.1, 0.15) is 34.7 Å². The van der Waals surface area contributed by atoms with Gasteiger partial charge in [-0.2, -0.15) is 0 Å².